The van der Waals surface area contributed by atoms with Crippen LogP contribution in [-0.4, -0.2) is 11.1 Å². The highest BCUT2D eigenvalue weighted by atomic mass is 80.0. The summed E-state index contributed by atoms with van der Waals surface area (Å²) >= 11 is 20.2. The first-order valence-corrected chi connectivity index (χ1v) is 8.81. The van der Waals surface area contributed by atoms with E-state index in [-0.39, 0.29) is 5.56 Å². The Morgan fingerprint density at radius 2 is 1.53 bits per heavy atom. The Kier molecular flexibility index (Phi) is 5.78. The van der Waals surface area contributed by atoms with Crippen molar-refractivity contribution in [2.24, 2.45) is 0 Å². The van der Waals surface area contributed by atoms with Crippen molar-refractivity contribution in [3.05, 3.63) is 34.9 Å². The number of carboxylic acid groups (broad SMARTS) is 1. The lowest BCUT2D eigenvalue weighted by atomic mass is 10.0. The first-order valence-electron chi connectivity index (χ1n) is 4.06. The number of alkyl halides is 6. The molecular weight excluding hydrogens is 620 g/mol. The monoisotopic (exact) mass is 618 g/mol. The number of carbonyl (C=O) groups is 1. The fourth-order valence-corrected chi connectivity index (χ4v) is 3.54. The van der Waals surface area contributed by atoms with Gasteiger partial charge < -0.3 is 5.11 Å². The standard InChI is InChI=1S/C9H4Br6O2/c10-8(11,12)5-3-1-2-4(7(16)17)6(5)9(13,14)15/h1-3H,(H,16,17). The number of hydrogen-bond acceptors (Lipinski definition) is 1. The van der Waals surface area contributed by atoms with Gasteiger partial charge in [0, 0.05) is 5.56 Å². The lowest BCUT2D eigenvalue weighted by molar-refractivity contribution is 0.0696. The molecule has 0 aliphatic carbocycles. The maximum absolute atomic E-state index is 11.2. The molecule has 94 valence electrons. The third-order valence-corrected chi connectivity index (χ3v) is 4.35. The Morgan fingerprint density at radius 3 is 1.88 bits per heavy atom. The maximum Gasteiger partial charge on any atom is 0.336 e. The summed E-state index contributed by atoms with van der Waals surface area (Å²) in [6.07, 6.45) is 0. The Labute approximate surface area is 149 Å². The van der Waals surface area contributed by atoms with Crippen LogP contribution in [0.5, 0.6) is 0 Å². The highest BCUT2D eigenvalue weighted by Gasteiger charge is 2.36. The van der Waals surface area contributed by atoms with Gasteiger partial charge in [0.2, 0.25) is 0 Å². The molecular formula is C9H4Br6O2. The molecule has 2 nitrogen and oxygen atoms in total. The van der Waals surface area contributed by atoms with Crippen molar-refractivity contribution in [2.45, 2.75) is 4.29 Å². The van der Waals surface area contributed by atoms with Crippen LogP contribution in [0.4, 0.5) is 0 Å². The fourth-order valence-electron chi connectivity index (χ4n) is 1.27. The van der Waals surface area contributed by atoms with E-state index in [1.807, 2.05) is 0 Å². The summed E-state index contributed by atoms with van der Waals surface area (Å²) in [5.41, 5.74) is 1.47. The predicted molar refractivity (Wildman–Crippen MR) is 90.3 cm³/mol. The molecule has 0 amide bonds. The van der Waals surface area contributed by atoms with E-state index in [4.69, 9.17) is 0 Å². The first kappa shape index (κ1) is 16.6. The molecule has 0 unspecified atom stereocenters. The highest BCUT2D eigenvalue weighted by molar-refractivity contribution is 9.39. The van der Waals surface area contributed by atoms with E-state index < -0.39 is 10.3 Å². The van der Waals surface area contributed by atoms with Crippen LogP contribution in [0.2, 0.25) is 0 Å². The van der Waals surface area contributed by atoms with Crippen LogP contribution in [0, 0.1) is 0 Å². The van der Waals surface area contributed by atoms with Crippen LogP contribution in [0.25, 0.3) is 0 Å². The molecule has 0 aromatic heterocycles. The second kappa shape index (κ2) is 5.91. The van der Waals surface area contributed by atoms with Gasteiger partial charge in [-0.2, -0.15) is 0 Å². The molecule has 0 aliphatic heterocycles. The van der Waals surface area contributed by atoms with Crippen LogP contribution >= 0.6 is 95.6 Å². The SMILES string of the molecule is O=C(O)c1cccc(C(Br)(Br)Br)c1C(Br)(Br)Br. The van der Waals surface area contributed by atoms with Crippen LogP contribution in [0.15, 0.2) is 18.2 Å². The van der Waals surface area contributed by atoms with Gasteiger partial charge in [0.25, 0.3) is 0 Å². The van der Waals surface area contributed by atoms with E-state index in [1.54, 1.807) is 18.2 Å². The topological polar surface area (TPSA) is 37.3 Å². The second-order valence-electron chi connectivity index (χ2n) is 3.03. The summed E-state index contributed by atoms with van der Waals surface area (Å²) in [7, 11) is 0. The van der Waals surface area contributed by atoms with Crippen molar-refractivity contribution in [1.82, 2.24) is 0 Å². The Morgan fingerprint density at radius 1 is 1.00 bits per heavy atom. The minimum atomic E-state index is -0.999. The molecule has 0 radical (unpaired) electrons. The van der Waals surface area contributed by atoms with Gasteiger partial charge in [-0.05, 0) is 11.6 Å². The lowest BCUT2D eigenvalue weighted by Gasteiger charge is -2.24. The van der Waals surface area contributed by atoms with E-state index in [0.717, 1.165) is 5.56 Å². The normalized spacial score (nSPS) is 12.6. The van der Waals surface area contributed by atoms with Crippen molar-refractivity contribution in [1.29, 1.82) is 0 Å². The Hall–Kier alpha value is 1.57. The maximum atomic E-state index is 11.2. The van der Waals surface area contributed by atoms with Gasteiger partial charge in [0.15, 0.2) is 4.29 Å². The molecule has 0 spiro atoms. The number of benzene rings is 1. The van der Waals surface area contributed by atoms with Crippen molar-refractivity contribution < 1.29 is 9.90 Å². The zero-order valence-corrected chi connectivity index (χ0v) is 17.4. The smallest absolute Gasteiger partial charge is 0.336 e. The summed E-state index contributed by atoms with van der Waals surface area (Å²) in [4.78, 5) is 11.2. The molecule has 0 fully saturated rings. The summed E-state index contributed by atoms with van der Waals surface area (Å²) in [6, 6.07) is 5.02. The minimum absolute atomic E-state index is 0.191. The second-order valence-corrected chi connectivity index (χ2v) is 16.6. The average molecular weight is 624 g/mol. The highest BCUT2D eigenvalue weighted by Crippen LogP contribution is 2.54. The Balaban J connectivity index is 3.64. The van der Waals surface area contributed by atoms with Crippen molar-refractivity contribution in [3.8, 4) is 0 Å². The number of rotatable bonds is 1. The molecule has 1 rings (SSSR count). The third kappa shape index (κ3) is 4.27. The number of hydrogen-bond donors (Lipinski definition) is 1. The van der Waals surface area contributed by atoms with Gasteiger partial charge in [-0.15, -0.1) is 0 Å². The number of aromatic carboxylic acids is 1. The zero-order chi connectivity index (χ0) is 13.4. The molecule has 1 aromatic rings. The molecule has 1 N–H and O–H groups in total. The van der Waals surface area contributed by atoms with Gasteiger partial charge in [-0.3, -0.25) is 0 Å². The van der Waals surface area contributed by atoms with E-state index >= 15 is 0 Å². The Bertz CT molecular complexity index is 446. The van der Waals surface area contributed by atoms with Crippen LogP contribution in [-0.2, 0) is 4.29 Å². The molecule has 0 aliphatic rings. The number of carboxylic acids is 1. The van der Waals surface area contributed by atoms with Crippen molar-refractivity contribution >= 4 is 102 Å². The largest absolute Gasteiger partial charge is 0.478 e. The van der Waals surface area contributed by atoms with E-state index in [1.165, 1.54) is 0 Å². The zero-order valence-electron chi connectivity index (χ0n) is 7.86. The van der Waals surface area contributed by atoms with E-state index in [2.05, 4.69) is 95.6 Å². The van der Waals surface area contributed by atoms with Gasteiger partial charge in [0.05, 0.1) is 5.56 Å². The molecule has 0 atom stereocenters. The van der Waals surface area contributed by atoms with Crippen LogP contribution in [0.1, 0.15) is 21.5 Å². The summed E-state index contributed by atoms with van der Waals surface area (Å²) in [6.45, 7) is 0. The summed E-state index contributed by atoms with van der Waals surface area (Å²) in [5.74, 6) is -0.999. The summed E-state index contributed by atoms with van der Waals surface area (Å²) in [5, 5.41) is 9.21. The average Bonchev–Trinajstić information content (AvgIpc) is 2.13. The van der Waals surface area contributed by atoms with E-state index in [0.29, 0.717) is 5.56 Å². The van der Waals surface area contributed by atoms with Crippen LogP contribution in [0.3, 0.4) is 0 Å². The van der Waals surface area contributed by atoms with Crippen LogP contribution < -0.4 is 0 Å². The third-order valence-electron chi connectivity index (χ3n) is 1.88. The van der Waals surface area contributed by atoms with Gasteiger partial charge >= 0.3 is 5.97 Å². The lowest BCUT2D eigenvalue weighted by Crippen LogP contribution is -2.15. The van der Waals surface area contributed by atoms with Gasteiger partial charge in [0.1, 0.15) is 0 Å². The van der Waals surface area contributed by atoms with Crippen molar-refractivity contribution in [2.75, 3.05) is 0 Å². The predicted octanol–water partition coefficient (Wildman–Crippen LogP) is 5.97. The summed E-state index contributed by atoms with van der Waals surface area (Å²) < 4.78 is -1.52. The van der Waals surface area contributed by atoms with E-state index in [9.17, 15) is 9.90 Å². The van der Waals surface area contributed by atoms with Crippen molar-refractivity contribution in [3.63, 3.8) is 0 Å². The van der Waals surface area contributed by atoms with Gasteiger partial charge in [-0.25, -0.2) is 4.79 Å². The molecule has 0 saturated carbocycles. The molecule has 0 bridgehead atoms. The molecule has 0 saturated heterocycles. The molecule has 1 aromatic carbocycles. The minimum Gasteiger partial charge on any atom is -0.478 e. The first-order chi connectivity index (χ1) is 7.55. The van der Waals surface area contributed by atoms with Gasteiger partial charge in [-0.1, -0.05) is 108 Å². The molecule has 17 heavy (non-hydrogen) atoms. The molecule has 8 heteroatoms. The number of halogens is 6. The molecule has 0 heterocycles. The quantitative estimate of drug-likeness (QED) is 0.392. The fraction of sp³-hybridized carbons (Fsp3) is 0.222.